The van der Waals surface area contributed by atoms with E-state index in [0.29, 0.717) is 13.2 Å². The molecule has 0 atom stereocenters. The Hall–Kier alpha value is -0.210. The number of ether oxygens (including phenoxy) is 2. The van der Waals surface area contributed by atoms with E-state index in [4.69, 9.17) is 28.7 Å². The first-order valence-electron chi connectivity index (χ1n) is 10.6. The summed E-state index contributed by atoms with van der Waals surface area (Å²) in [6, 6.07) is 0. The molecule has 0 spiro atoms. The summed E-state index contributed by atoms with van der Waals surface area (Å²) in [5.74, 6) is -0.457. The Labute approximate surface area is 198 Å². The summed E-state index contributed by atoms with van der Waals surface area (Å²) in [5.41, 5.74) is 0. The summed E-state index contributed by atoms with van der Waals surface area (Å²) in [4.78, 5) is 43.7. The van der Waals surface area contributed by atoms with E-state index >= 15 is 0 Å². The molecule has 0 rings (SSSR count). The fourth-order valence-corrected chi connectivity index (χ4v) is 5.27. The molecule has 0 amide bonds. The minimum atomic E-state index is -4.64. The predicted octanol–water partition coefficient (Wildman–Crippen LogP) is 3.96. The summed E-state index contributed by atoms with van der Waals surface area (Å²) in [6.45, 7) is 4.73. The average molecular weight is 477 g/mol. The molecule has 3 N–H and O–H groups in total. The van der Waals surface area contributed by atoms with Crippen molar-refractivity contribution >= 4 is 53.6 Å². The number of hydrogen-bond acceptors (Lipinski definition) is 5. The number of allylic oxidation sites excluding steroid dienone is 2. The van der Waals surface area contributed by atoms with Crippen LogP contribution in [0.3, 0.4) is 0 Å². The van der Waals surface area contributed by atoms with Gasteiger partial charge in [0.25, 0.3) is 0 Å². The molecule has 8 nitrogen and oxygen atoms in total. The standard InChI is InChI=1S/2C10H17O2.Ca.H3O4P/c2*1-3-5-6-7-9-12-10(11)8-4-2;;1-5(2,3)4/h2*4,8H,1,3,5-7,9H2,2H3;;(H3,1,2,3,4). The maximum Gasteiger partial charge on any atom is 0.466 e. The normalized spacial score (nSPS) is 11.1. The van der Waals surface area contributed by atoms with Gasteiger partial charge in [0.1, 0.15) is 0 Å². The van der Waals surface area contributed by atoms with Gasteiger partial charge < -0.3 is 14.7 Å². The van der Waals surface area contributed by atoms with Crippen LogP contribution in [0.25, 0.3) is 0 Å². The van der Waals surface area contributed by atoms with Crippen LogP contribution in [0.5, 0.6) is 0 Å². The number of esters is 2. The molecule has 0 fully saturated rings. The molecular formula is C20H37CaO8P. The SMILES string of the molecule is CC=CC(=O)OCCCCC[CH2][Ca][CH2]CCCCCOC(=O)C=CC.O=P(O)(O)O. The van der Waals surface area contributed by atoms with E-state index in [9.17, 15) is 9.59 Å². The quantitative estimate of drug-likeness (QED) is 0.100. The van der Waals surface area contributed by atoms with Gasteiger partial charge in [0.05, 0.1) is 0 Å². The molecule has 172 valence electrons. The molecule has 0 aromatic carbocycles. The van der Waals surface area contributed by atoms with Crippen molar-refractivity contribution in [2.24, 2.45) is 0 Å². The smallest absolute Gasteiger partial charge is 0.303 e. The zero-order valence-corrected chi connectivity index (χ0v) is 21.4. The van der Waals surface area contributed by atoms with E-state index in [1.54, 1.807) is 12.2 Å². The average Bonchev–Trinajstić information content (AvgIpc) is 2.64. The molecule has 0 unspecified atom stereocenters. The van der Waals surface area contributed by atoms with Gasteiger partial charge in [-0.25, -0.2) is 4.57 Å². The second-order valence-corrected chi connectivity index (χ2v) is 11.1. The first-order valence-corrected chi connectivity index (χ1v) is 15.3. The molecule has 0 aliphatic heterocycles. The fraction of sp³-hybridized carbons (Fsp3) is 0.700. The number of rotatable bonds is 16. The van der Waals surface area contributed by atoms with E-state index in [0.717, 1.165) is 25.7 Å². The molecule has 0 radical (unpaired) electrons. The third-order valence-electron chi connectivity index (χ3n) is 3.88. The minimum absolute atomic E-state index is 0.228. The molecule has 0 heterocycles. The van der Waals surface area contributed by atoms with Crippen molar-refractivity contribution < 1.29 is 38.3 Å². The molecular weight excluding hydrogens is 439 g/mol. The summed E-state index contributed by atoms with van der Waals surface area (Å²) in [5, 5.41) is 0. The molecule has 0 saturated heterocycles. The van der Waals surface area contributed by atoms with Gasteiger partial charge in [-0.15, -0.1) is 0 Å². The van der Waals surface area contributed by atoms with Crippen molar-refractivity contribution in [2.45, 2.75) is 70.2 Å². The monoisotopic (exact) mass is 476 g/mol. The van der Waals surface area contributed by atoms with Gasteiger partial charge >= 0.3 is 180 Å². The van der Waals surface area contributed by atoms with Gasteiger partial charge in [0, 0.05) is 0 Å². The topological polar surface area (TPSA) is 130 Å². The van der Waals surface area contributed by atoms with Crippen molar-refractivity contribution in [1.29, 1.82) is 0 Å². The van der Waals surface area contributed by atoms with Crippen molar-refractivity contribution in [3.8, 4) is 0 Å². The summed E-state index contributed by atoms with van der Waals surface area (Å²) in [6.07, 6.45) is 15.9. The minimum Gasteiger partial charge on any atom is -0.303 e. The van der Waals surface area contributed by atoms with Crippen molar-refractivity contribution in [1.82, 2.24) is 0 Å². The van der Waals surface area contributed by atoms with Crippen molar-refractivity contribution in [3.05, 3.63) is 24.3 Å². The van der Waals surface area contributed by atoms with Crippen molar-refractivity contribution in [3.63, 3.8) is 0 Å². The molecule has 0 aromatic heterocycles. The maximum atomic E-state index is 11.1. The van der Waals surface area contributed by atoms with E-state index in [1.165, 1.54) is 42.9 Å². The molecule has 0 bridgehead atoms. The Bertz CT molecular complexity index is 487. The van der Waals surface area contributed by atoms with Crippen LogP contribution < -0.4 is 0 Å². The second kappa shape index (κ2) is 23.5. The van der Waals surface area contributed by atoms with Gasteiger partial charge in [-0.05, 0) is 0 Å². The molecule has 10 heteroatoms. The summed E-state index contributed by atoms with van der Waals surface area (Å²) < 4.78 is 22.0. The Morgan fingerprint density at radius 2 is 1.07 bits per heavy atom. The van der Waals surface area contributed by atoms with Crippen LogP contribution >= 0.6 is 7.82 Å². The Morgan fingerprint density at radius 3 is 1.40 bits per heavy atom. The predicted molar refractivity (Wildman–Crippen MR) is 118 cm³/mol. The Morgan fingerprint density at radius 1 is 0.733 bits per heavy atom. The van der Waals surface area contributed by atoms with Crippen LogP contribution in [-0.2, 0) is 23.6 Å². The van der Waals surface area contributed by atoms with Crippen LogP contribution in [0, 0.1) is 0 Å². The molecule has 0 aromatic rings. The van der Waals surface area contributed by atoms with E-state index < -0.39 is 7.82 Å². The van der Waals surface area contributed by atoms with E-state index in [1.807, 2.05) is 13.8 Å². The molecule has 0 aliphatic carbocycles. The number of carbonyl (C=O) groups is 2. The molecule has 0 aliphatic rings. The summed E-state index contributed by atoms with van der Waals surface area (Å²) >= 11 is -0.314. The Balaban J connectivity index is 0. The first kappa shape index (κ1) is 32.0. The largest absolute Gasteiger partial charge is 0.466 e. The zero-order chi connectivity index (χ0) is 23.1. The van der Waals surface area contributed by atoms with Crippen molar-refractivity contribution in [2.75, 3.05) is 13.2 Å². The van der Waals surface area contributed by atoms with Crippen LogP contribution in [0.4, 0.5) is 0 Å². The van der Waals surface area contributed by atoms with E-state index in [-0.39, 0.29) is 45.8 Å². The number of hydrogen-bond donors (Lipinski definition) is 3. The van der Waals surface area contributed by atoms with Gasteiger partial charge in [-0.2, -0.15) is 0 Å². The maximum absolute atomic E-state index is 11.1. The van der Waals surface area contributed by atoms with Crippen LogP contribution in [0.1, 0.15) is 65.2 Å². The van der Waals surface area contributed by atoms with Gasteiger partial charge in [-0.1, -0.05) is 0 Å². The summed E-state index contributed by atoms with van der Waals surface area (Å²) in [7, 11) is -4.64. The second-order valence-electron chi connectivity index (χ2n) is 6.74. The number of unbranched alkanes of at least 4 members (excludes halogenated alkanes) is 6. The van der Waals surface area contributed by atoms with E-state index in [2.05, 4.69) is 0 Å². The van der Waals surface area contributed by atoms with Crippen LogP contribution in [0.2, 0.25) is 5.04 Å². The van der Waals surface area contributed by atoms with Crippen LogP contribution in [-0.4, -0.2) is 73.7 Å². The Kier molecular flexibility index (Phi) is 25.0. The fourth-order valence-electron chi connectivity index (χ4n) is 2.51. The zero-order valence-electron chi connectivity index (χ0n) is 18.3. The van der Waals surface area contributed by atoms with Gasteiger partial charge in [-0.3, -0.25) is 0 Å². The number of carbonyl (C=O) groups excluding carboxylic acids is 2. The number of phosphoric acid groups is 1. The third-order valence-corrected chi connectivity index (χ3v) is 7.01. The van der Waals surface area contributed by atoms with Gasteiger partial charge in [0.2, 0.25) is 0 Å². The molecule has 0 saturated carbocycles. The first-order chi connectivity index (χ1) is 14.2. The van der Waals surface area contributed by atoms with Gasteiger partial charge in [0.15, 0.2) is 0 Å². The molecule has 30 heavy (non-hydrogen) atoms. The van der Waals surface area contributed by atoms with Crippen LogP contribution in [0.15, 0.2) is 24.3 Å². The third kappa shape index (κ3) is 35.2.